The molecule has 2 N–H and O–H groups in total. The molecule has 0 aromatic heterocycles. The van der Waals surface area contributed by atoms with E-state index >= 15 is 0 Å². The molecule has 0 fully saturated rings. The number of phenolic OH excluding ortho intramolecular Hbond substituents is 1. The lowest BCUT2D eigenvalue weighted by Crippen LogP contribution is -2.19. The van der Waals surface area contributed by atoms with Gasteiger partial charge in [-0.15, -0.1) is 0 Å². The lowest BCUT2D eigenvalue weighted by atomic mass is 10.1. The van der Waals surface area contributed by atoms with Crippen molar-refractivity contribution >= 4 is 17.3 Å². The van der Waals surface area contributed by atoms with E-state index in [4.69, 9.17) is 0 Å². The van der Waals surface area contributed by atoms with E-state index in [1.807, 2.05) is 0 Å². The van der Waals surface area contributed by atoms with Crippen LogP contribution in [0.25, 0.3) is 0 Å². The molecular weight excluding hydrogens is 286 g/mol. The Kier molecular flexibility index (Phi) is 4.47. The lowest BCUT2D eigenvalue weighted by molar-refractivity contribution is -0.384. The molecule has 0 atom stereocenters. The Morgan fingerprint density at radius 3 is 2.18 bits per heavy atom. The second-order valence-electron chi connectivity index (χ2n) is 4.49. The minimum Gasteiger partial charge on any atom is -0.508 e. The molecule has 0 radical (unpaired) electrons. The highest BCUT2D eigenvalue weighted by atomic mass is 16.6. The molecule has 2 aromatic carbocycles. The normalized spacial score (nSPS) is 11.0. The molecule has 0 unspecified atom stereocenters. The zero-order valence-electron chi connectivity index (χ0n) is 11.7. The zero-order chi connectivity index (χ0) is 16.1. The molecular formula is C15H13N3O4. The number of hydrogen-bond acceptors (Lipinski definition) is 5. The number of non-ortho nitro benzene ring substituents is 1. The first-order valence-corrected chi connectivity index (χ1v) is 6.36. The Balaban J connectivity index is 2.06. The molecule has 112 valence electrons. The fourth-order valence-corrected chi connectivity index (χ4v) is 1.70. The molecule has 0 aliphatic heterocycles. The van der Waals surface area contributed by atoms with E-state index in [2.05, 4.69) is 10.5 Å². The van der Waals surface area contributed by atoms with E-state index in [1.165, 1.54) is 36.4 Å². The molecule has 0 aliphatic rings. The fraction of sp³-hybridized carbons (Fsp3) is 0.0667. The molecule has 0 saturated carbocycles. The third-order valence-corrected chi connectivity index (χ3v) is 2.95. The van der Waals surface area contributed by atoms with E-state index in [0.717, 1.165) is 5.56 Å². The van der Waals surface area contributed by atoms with E-state index in [-0.39, 0.29) is 17.0 Å². The van der Waals surface area contributed by atoms with Crippen LogP contribution in [-0.4, -0.2) is 21.6 Å². The number of carbonyl (C=O) groups is 1. The van der Waals surface area contributed by atoms with Crippen LogP contribution in [0.15, 0.2) is 53.6 Å². The maximum Gasteiger partial charge on any atom is 0.271 e. The lowest BCUT2D eigenvalue weighted by Gasteiger charge is -2.03. The first kappa shape index (κ1) is 15.2. The average molecular weight is 299 g/mol. The van der Waals surface area contributed by atoms with Gasteiger partial charge in [0, 0.05) is 17.7 Å². The van der Waals surface area contributed by atoms with Crippen LogP contribution in [0.5, 0.6) is 5.75 Å². The number of rotatable bonds is 4. The predicted octanol–water partition coefficient (Wildman–Crippen LogP) is 2.45. The molecule has 22 heavy (non-hydrogen) atoms. The summed E-state index contributed by atoms with van der Waals surface area (Å²) in [7, 11) is 0. The highest BCUT2D eigenvalue weighted by Crippen LogP contribution is 2.12. The first-order valence-electron chi connectivity index (χ1n) is 6.36. The summed E-state index contributed by atoms with van der Waals surface area (Å²) in [6.07, 6.45) is 0. The SMILES string of the molecule is C/C(=N\NC(=O)c1ccc([N+](=O)[O-])cc1)c1ccc(O)cc1. The molecule has 7 heteroatoms. The quantitative estimate of drug-likeness (QED) is 0.514. The van der Waals surface area contributed by atoms with Gasteiger partial charge in [-0.05, 0) is 48.9 Å². The Morgan fingerprint density at radius 2 is 1.64 bits per heavy atom. The average Bonchev–Trinajstić information content (AvgIpc) is 2.53. The van der Waals surface area contributed by atoms with Gasteiger partial charge in [-0.1, -0.05) is 0 Å². The van der Waals surface area contributed by atoms with Crippen LogP contribution in [0.4, 0.5) is 5.69 Å². The van der Waals surface area contributed by atoms with E-state index in [0.29, 0.717) is 5.71 Å². The molecule has 1 amide bonds. The van der Waals surface area contributed by atoms with Crippen LogP contribution in [0.2, 0.25) is 0 Å². The maximum absolute atomic E-state index is 11.9. The minimum absolute atomic E-state index is 0.0830. The summed E-state index contributed by atoms with van der Waals surface area (Å²) in [6.45, 7) is 1.71. The van der Waals surface area contributed by atoms with Gasteiger partial charge in [-0.25, -0.2) is 5.43 Å². The number of carbonyl (C=O) groups excluding carboxylic acids is 1. The summed E-state index contributed by atoms with van der Waals surface area (Å²) in [5.41, 5.74) is 3.88. The van der Waals surface area contributed by atoms with Gasteiger partial charge in [0.15, 0.2) is 0 Å². The largest absolute Gasteiger partial charge is 0.508 e. The molecule has 0 aliphatic carbocycles. The van der Waals surface area contributed by atoms with Crippen LogP contribution < -0.4 is 5.43 Å². The Morgan fingerprint density at radius 1 is 1.09 bits per heavy atom. The number of hydrogen-bond donors (Lipinski definition) is 2. The van der Waals surface area contributed by atoms with Crippen molar-refractivity contribution in [3.8, 4) is 5.75 Å². The molecule has 2 aromatic rings. The summed E-state index contributed by atoms with van der Waals surface area (Å²) in [6, 6.07) is 11.6. The smallest absolute Gasteiger partial charge is 0.271 e. The number of amides is 1. The second kappa shape index (κ2) is 6.49. The molecule has 0 heterocycles. The first-order chi connectivity index (χ1) is 10.5. The summed E-state index contributed by atoms with van der Waals surface area (Å²) in [5.74, 6) is -0.320. The summed E-state index contributed by atoms with van der Waals surface area (Å²) >= 11 is 0. The Bertz CT molecular complexity index is 721. The molecule has 2 rings (SSSR count). The van der Waals surface area contributed by atoms with Gasteiger partial charge >= 0.3 is 0 Å². The second-order valence-corrected chi connectivity index (χ2v) is 4.49. The number of nitrogens with one attached hydrogen (secondary N) is 1. The molecule has 7 nitrogen and oxygen atoms in total. The van der Waals surface area contributed by atoms with Gasteiger partial charge in [0.25, 0.3) is 11.6 Å². The topological polar surface area (TPSA) is 105 Å². The summed E-state index contributed by atoms with van der Waals surface area (Å²) in [4.78, 5) is 21.9. The van der Waals surface area contributed by atoms with Crippen LogP contribution >= 0.6 is 0 Å². The molecule has 0 bridgehead atoms. The Labute approximate surface area is 126 Å². The van der Waals surface area contributed by atoms with Crippen molar-refractivity contribution in [1.82, 2.24) is 5.43 Å². The Hall–Kier alpha value is -3.22. The summed E-state index contributed by atoms with van der Waals surface area (Å²) < 4.78 is 0. The van der Waals surface area contributed by atoms with Gasteiger partial charge in [-0.3, -0.25) is 14.9 Å². The van der Waals surface area contributed by atoms with Crippen molar-refractivity contribution in [3.63, 3.8) is 0 Å². The number of phenols is 1. The highest BCUT2D eigenvalue weighted by Gasteiger charge is 2.09. The standard InChI is InChI=1S/C15H13N3O4/c1-10(11-4-8-14(19)9-5-11)16-17-15(20)12-2-6-13(7-3-12)18(21)22/h2-9,19H,1H3,(H,17,20)/b16-10+. The number of nitro benzene ring substituents is 1. The van der Waals surface area contributed by atoms with Crippen LogP contribution in [0.1, 0.15) is 22.8 Å². The van der Waals surface area contributed by atoms with E-state index < -0.39 is 10.8 Å². The van der Waals surface area contributed by atoms with Crippen LogP contribution in [0, 0.1) is 10.1 Å². The van der Waals surface area contributed by atoms with Gasteiger partial charge < -0.3 is 5.11 Å². The van der Waals surface area contributed by atoms with Crippen molar-refractivity contribution in [2.45, 2.75) is 6.92 Å². The van der Waals surface area contributed by atoms with Crippen LogP contribution in [0.3, 0.4) is 0 Å². The van der Waals surface area contributed by atoms with Gasteiger partial charge in [0.2, 0.25) is 0 Å². The number of benzene rings is 2. The van der Waals surface area contributed by atoms with Gasteiger partial charge in [0.05, 0.1) is 10.6 Å². The van der Waals surface area contributed by atoms with Gasteiger partial charge in [0.1, 0.15) is 5.75 Å². The van der Waals surface area contributed by atoms with Crippen molar-refractivity contribution in [3.05, 3.63) is 69.8 Å². The zero-order valence-corrected chi connectivity index (χ0v) is 11.7. The predicted molar refractivity (Wildman–Crippen MR) is 80.9 cm³/mol. The highest BCUT2D eigenvalue weighted by molar-refractivity contribution is 6.00. The van der Waals surface area contributed by atoms with Crippen molar-refractivity contribution in [2.75, 3.05) is 0 Å². The minimum atomic E-state index is -0.533. The number of aromatic hydroxyl groups is 1. The number of hydrazone groups is 1. The third kappa shape index (κ3) is 3.66. The van der Waals surface area contributed by atoms with Crippen molar-refractivity contribution in [1.29, 1.82) is 0 Å². The molecule has 0 spiro atoms. The third-order valence-electron chi connectivity index (χ3n) is 2.95. The van der Waals surface area contributed by atoms with E-state index in [9.17, 15) is 20.0 Å². The number of nitro groups is 1. The fourth-order valence-electron chi connectivity index (χ4n) is 1.70. The maximum atomic E-state index is 11.9. The number of nitrogens with zero attached hydrogens (tertiary/aromatic N) is 2. The van der Waals surface area contributed by atoms with Gasteiger partial charge in [-0.2, -0.15) is 5.10 Å². The summed E-state index contributed by atoms with van der Waals surface area (Å²) in [5, 5.41) is 23.7. The molecule has 0 saturated heterocycles. The van der Waals surface area contributed by atoms with Crippen molar-refractivity contribution < 1.29 is 14.8 Å². The van der Waals surface area contributed by atoms with Crippen molar-refractivity contribution in [2.24, 2.45) is 5.10 Å². The monoisotopic (exact) mass is 299 g/mol. The van der Waals surface area contributed by atoms with E-state index in [1.54, 1.807) is 19.1 Å². The van der Waals surface area contributed by atoms with Crippen LogP contribution in [-0.2, 0) is 0 Å².